The first-order chi connectivity index (χ1) is 10.6. The van der Waals surface area contributed by atoms with Crippen molar-refractivity contribution >= 4 is 29.9 Å². The number of hydrogen-bond donors (Lipinski definition) is 1. The number of benzene rings is 1. The van der Waals surface area contributed by atoms with Gasteiger partial charge in [0, 0.05) is 32.7 Å². The van der Waals surface area contributed by atoms with Crippen LogP contribution in [0, 0.1) is 11.7 Å². The number of piperazine rings is 1. The van der Waals surface area contributed by atoms with Crippen molar-refractivity contribution in [2.75, 3.05) is 32.7 Å². The van der Waals surface area contributed by atoms with E-state index in [1.54, 1.807) is 4.90 Å². The summed E-state index contributed by atoms with van der Waals surface area (Å²) in [5, 5.41) is 10.1. The lowest BCUT2D eigenvalue weighted by atomic mass is 10.1. The van der Waals surface area contributed by atoms with Crippen molar-refractivity contribution < 1.29 is 14.3 Å². The fraction of sp³-hybridized carbons (Fsp3) is 0.562. The number of hydrogen-bond acceptors (Lipinski definition) is 3. The maximum Gasteiger partial charge on any atom is 0.258 e. The molecule has 2 aliphatic rings. The lowest BCUT2D eigenvalue weighted by Gasteiger charge is -2.35. The van der Waals surface area contributed by atoms with Crippen LogP contribution in [0.2, 0.25) is 5.02 Å². The number of aliphatic hydroxyl groups is 1. The molecule has 2 fully saturated rings. The summed E-state index contributed by atoms with van der Waals surface area (Å²) in [6.07, 6.45) is 1.97. The molecule has 1 aliphatic carbocycles. The Bertz CT molecular complexity index is 541. The highest BCUT2D eigenvalue weighted by Gasteiger charge is 2.32. The van der Waals surface area contributed by atoms with E-state index in [1.807, 2.05) is 0 Å². The third-order valence-corrected chi connectivity index (χ3v) is 4.76. The standard InChI is InChI=1S/C16H20ClFN2O2.ClH/c17-12-2-1-3-13(18)15(12)16(22)20-8-6-19(7-9-20)10-14(21)11-4-5-11;/h1-3,11,14,21H,4-10H2;1H. The van der Waals surface area contributed by atoms with Crippen molar-refractivity contribution in [3.05, 3.63) is 34.6 Å². The summed E-state index contributed by atoms with van der Waals surface area (Å²) in [6.45, 7) is 3.11. The zero-order chi connectivity index (χ0) is 15.7. The van der Waals surface area contributed by atoms with Gasteiger partial charge in [0.15, 0.2) is 0 Å². The van der Waals surface area contributed by atoms with Crippen molar-refractivity contribution in [1.29, 1.82) is 0 Å². The molecule has 1 saturated carbocycles. The van der Waals surface area contributed by atoms with Gasteiger partial charge in [-0.2, -0.15) is 0 Å². The largest absolute Gasteiger partial charge is 0.392 e. The molecule has 1 aliphatic heterocycles. The molecule has 0 aromatic heterocycles. The maximum absolute atomic E-state index is 13.8. The van der Waals surface area contributed by atoms with Gasteiger partial charge in [-0.1, -0.05) is 17.7 Å². The summed E-state index contributed by atoms with van der Waals surface area (Å²) in [4.78, 5) is 16.2. The molecule has 128 valence electrons. The van der Waals surface area contributed by atoms with E-state index in [1.165, 1.54) is 18.2 Å². The first kappa shape index (κ1) is 18.5. The Labute approximate surface area is 146 Å². The van der Waals surface area contributed by atoms with Crippen LogP contribution >= 0.6 is 24.0 Å². The quantitative estimate of drug-likeness (QED) is 0.894. The molecule has 1 atom stereocenters. The summed E-state index contributed by atoms with van der Waals surface area (Å²) in [5.74, 6) is -0.480. The van der Waals surface area contributed by atoms with Gasteiger partial charge in [0.1, 0.15) is 5.82 Å². The molecule has 1 aromatic carbocycles. The second-order valence-corrected chi connectivity index (χ2v) is 6.50. The number of β-amino-alcohol motifs (C(OH)–C–C–N with tert-alkyl or cyclic N) is 1. The van der Waals surface area contributed by atoms with Crippen molar-refractivity contribution in [2.24, 2.45) is 5.92 Å². The second kappa shape index (κ2) is 7.79. The van der Waals surface area contributed by atoms with E-state index in [0.29, 0.717) is 38.6 Å². The van der Waals surface area contributed by atoms with Crippen molar-refractivity contribution in [3.63, 3.8) is 0 Å². The number of carbonyl (C=O) groups is 1. The minimum Gasteiger partial charge on any atom is -0.392 e. The smallest absolute Gasteiger partial charge is 0.258 e. The molecule has 0 bridgehead atoms. The molecule has 1 saturated heterocycles. The highest BCUT2D eigenvalue weighted by molar-refractivity contribution is 6.33. The van der Waals surface area contributed by atoms with E-state index in [4.69, 9.17) is 11.6 Å². The molecular weight excluding hydrogens is 342 g/mol. The van der Waals surface area contributed by atoms with Gasteiger partial charge in [0.05, 0.1) is 16.7 Å². The zero-order valence-corrected chi connectivity index (χ0v) is 14.3. The molecule has 1 N–H and O–H groups in total. The SMILES string of the molecule is Cl.O=C(c1c(F)cccc1Cl)N1CCN(CC(O)C2CC2)CC1. The number of rotatable bonds is 4. The van der Waals surface area contributed by atoms with E-state index in [-0.39, 0.29) is 35.0 Å². The first-order valence-electron chi connectivity index (χ1n) is 7.70. The Kier molecular flexibility index (Phi) is 6.26. The maximum atomic E-state index is 13.8. The van der Waals surface area contributed by atoms with E-state index in [0.717, 1.165) is 12.8 Å². The molecule has 3 rings (SSSR count). The van der Waals surface area contributed by atoms with Gasteiger partial charge in [-0.15, -0.1) is 12.4 Å². The zero-order valence-electron chi connectivity index (χ0n) is 12.8. The number of amides is 1. The van der Waals surface area contributed by atoms with Crippen LogP contribution < -0.4 is 0 Å². The van der Waals surface area contributed by atoms with Crippen LogP contribution in [0.5, 0.6) is 0 Å². The van der Waals surface area contributed by atoms with Crippen molar-refractivity contribution in [1.82, 2.24) is 9.80 Å². The predicted molar refractivity (Wildman–Crippen MR) is 89.7 cm³/mol. The normalized spacial score (nSPS) is 20.0. The Morgan fingerprint density at radius 2 is 1.96 bits per heavy atom. The highest BCUT2D eigenvalue weighted by Crippen LogP contribution is 2.33. The number of carbonyl (C=O) groups excluding carboxylic acids is 1. The van der Waals surface area contributed by atoms with Crippen LogP contribution in [0.3, 0.4) is 0 Å². The van der Waals surface area contributed by atoms with Crippen LogP contribution in [0.25, 0.3) is 0 Å². The summed E-state index contributed by atoms with van der Waals surface area (Å²) in [5.41, 5.74) is -0.0457. The van der Waals surface area contributed by atoms with Crippen molar-refractivity contribution in [2.45, 2.75) is 18.9 Å². The minimum atomic E-state index is -0.580. The van der Waals surface area contributed by atoms with Gasteiger partial charge in [-0.05, 0) is 30.9 Å². The van der Waals surface area contributed by atoms with Crippen LogP contribution in [-0.2, 0) is 0 Å². The molecule has 7 heteroatoms. The van der Waals surface area contributed by atoms with E-state index >= 15 is 0 Å². The monoisotopic (exact) mass is 362 g/mol. The van der Waals surface area contributed by atoms with Gasteiger partial charge < -0.3 is 10.0 Å². The average Bonchev–Trinajstić information content (AvgIpc) is 3.32. The molecular formula is C16H21Cl2FN2O2. The Balaban J connectivity index is 0.00000192. The number of aliphatic hydroxyl groups excluding tert-OH is 1. The molecule has 4 nitrogen and oxygen atoms in total. The summed E-state index contributed by atoms with van der Waals surface area (Å²) in [7, 11) is 0. The Morgan fingerprint density at radius 3 is 2.52 bits per heavy atom. The van der Waals surface area contributed by atoms with Crippen LogP contribution in [-0.4, -0.2) is 59.6 Å². The molecule has 1 aromatic rings. The molecule has 23 heavy (non-hydrogen) atoms. The Hall–Kier alpha value is -0.880. The van der Waals surface area contributed by atoms with E-state index in [9.17, 15) is 14.3 Å². The Morgan fingerprint density at radius 1 is 1.30 bits per heavy atom. The van der Waals surface area contributed by atoms with E-state index < -0.39 is 5.82 Å². The van der Waals surface area contributed by atoms with Gasteiger partial charge in [0.25, 0.3) is 5.91 Å². The van der Waals surface area contributed by atoms with Crippen LogP contribution in [0.1, 0.15) is 23.2 Å². The molecule has 0 spiro atoms. The summed E-state index contributed by atoms with van der Waals surface area (Å²) < 4.78 is 13.8. The molecule has 1 unspecified atom stereocenters. The lowest BCUT2D eigenvalue weighted by Crippen LogP contribution is -2.50. The lowest BCUT2D eigenvalue weighted by molar-refractivity contribution is 0.0486. The van der Waals surface area contributed by atoms with Gasteiger partial charge in [0.2, 0.25) is 0 Å². The van der Waals surface area contributed by atoms with Gasteiger partial charge >= 0.3 is 0 Å². The highest BCUT2D eigenvalue weighted by atomic mass is 35.5. The van der Waals surface area contributed by atoms with E-state index in [2.05, 4.69) is 4.90 Å². The third-order valence-electron chi connectivity index (χ3n) is 4.45. The van der Waals surface area contributed by atoms with Gasteiger partial charge in [-0.3, -0.25) is 9.69 Å². The first-order valence-corrected chi connectivity index (χ1v) is 8.08. The predicted octanol–water partition coefficient (Wildman–Crippen LogP) is 2.43. The second-order valence-electron chi connectivity index (χ2n) is 6.09. The fourth-order valence-electron chi connectivity index (χ4n) is 2.89. The minimum absolute atomic E-state index is 0. The molecule has 1 heterocycles. The van der Waals surface area contributed by atoms with Crippen LogP contribution in [0.15, 0.2) is 18.2 Å². The summed E-state index contributed by atoms with van der Waals surface area (Å²) in [6, 6.07) is 4.27. The number of halogens is 3. The third kappa shape index (κ3) is 4.35. The summed E-state index contributed by atoms with van der Waals surface area (Å²) >= 11 is 5.95. The van der Waals surface area contributed by atoms with Crippen LogP contribution in [0.4, 0.5) is 4.39 Å². The van der Waals surface area contributed by atoms with Crippen molar-refractivity contribution in [3.8, 4) is 0 Å². The number of nitrogens with zero attached hydrogens (tertiary/aromatic N) is 2. The average molecular weight is 363 g/mol. The fourth-order valence-corrected chi connectivity index (χ4v) is 3.13. The topological polar surface area (TPSA) is 43.8 Å². The molecule has 1 amide bonds. The molecule has 0 radical (unpaired) electrons. The van der Waals surface area contributed by atoms with Gasteiger partial charge in [-0.25, -0.2) is 4.39 Å².